The molecule has 0 aliphatic heterocycles. The van der Waals surface area contributed by atoms with Gasteiger partial charge in [-0.25, -0.2) is 0 Å². The summed E-state index contributed by atoms with van der Waals surface area (Å²) in [5.74, 6) is -0.0629. The van der Waals surface area contributed by atoms with Gasteiger partial charge in [-0.2, -0.15) is 10.4 Å². The first kappa shape index (κ1) is 15.9. The molecule has 1 rings (SSSR count). The van der Waals surface area contributed by atoms with Gasteiger partial charge in [-0.1, -0.05) is 13.8 Å². The third-order valence-electron chi connectivity index (χ3n) is 3.35. The van der Waals surface area contributed by atoms with Crippen LogP contribution in [0.5, 0.6) is 5.88 Å². The zero-order valence-corrected chi connectivity index (χ0v) is 12.5. The van der Waals surface area contributed by atoms with Crippen molar-refractivity contribution in [2.45, 2.75) is 40.2 Å². The van der Waals surface area contributed by atoms with E-state index < -0.39 is 5.54 Å². The van der Waals surface area contributed by atoms with E-state index >= 15 is 0 Å². The minimum Gasteiger partial charge on any atom is -0.466 e. The SMILES string of the molecule is Cc1cc(OCC(=O)N[C@@](C)(C#N)C(C)C)nnc1C. The Kier molecular flexibility index (Phi) is 5.03. The summed E-state index contributed by atoms with van der Waals surface area (Å²) in [4.78, 5) is 11.8. The van der Waals surface area contributed by atoms with E-state index in [2.05, 4.69) is 21.6 Å². The summed E-state index contributed by atoms with van der Waals surface area (Å²) in [6, 6.07) is 3.83. The highest BCUT2D eigenvalue weighted by atomic mass is 16.5. The maximum absolute atomic E-state index is 11.8. The molecule has 1 heterocycles. The molecule has 20 heavy (non-hydrogen) atoms. The molecule has 6 nitrogen and oxygen atoms in total. The molecule has 0 aliphatic rings. The summed E-state index contributed by atoms with van der Waals surface area (Å²) in [6.07, 6.45) is 0. The van der Waals surface area contributed by atoms with Gasteiger partial charge in [-0.05, 0) is 32.3 Å². The molecular formula is C14H20N4O2. The number of aryl methyl sites for hydroxylation is 2. The smallest absolute Gasteiger partial charge is 0.259 e. The molecule has 1 amide bonds. The molecule has 1 aromatic heterocycles. The number of carbonyl (C=O) groups is 1. The van der Waals surface area contributed by atoms with Crippen molar-refractivity contribution in [1.29, 1.82) is 5.26 Å². The van der Waals surface area contributed by atoms with Gasteiger partial charge in [0.25, 0.3) is 5.91 Å². The first-order chi connectivity index (χ1) is 9.28. The van der Waals surface area contributed by atoms with Crippen molar-refractivity contribution in [2.75, 3.05) is 6.61 Å². The van der Waals surface area contributed by atoms with Gasteiger partial charge in [-0.3, -0.25) is 4.79 Å². The normalized spacial score (nSPS) is 13.4. The lowest BCUT2D eigenvalue weighted by molar-refractivity contribution is -0.124. The Balaban J connectivity index is 2.60. The number of ether oxygens (including phenoxy) is 1. The molecule has 0 spiro atoms. The first-order valence-corrected chi connectivity index (χ1v) is 6.44. The Morgan fingerprint density at radius 1 is 1.50 bits per heavy atom. The number of amides is 1. The van der Waals surface area contributed by atoms with E-state index in [1.807, 2.05) is 27.7 Å². The number of carbonyl (C=O) groups excluding carboxylic acids is 1. The van der Waals surface area contributed by atoms with E-state index in [-0.39, 0.29) is 18.4 Å². The number of aromatic nitrogens is 2. The lowest BCUT2D eigenvalue weighted by atomic mass is 9.90. The second kappa shape index (κ2) is 6.33. The predicted octanol–water partition coefficient (Wildman–Crippen LogP) is 1.53. The lowest BCUT2D eigenvalue weighted by Gasteiger charge is -2.27. The van der Waals surface area contributed by atoms with Crippen LogP contribution in [0.3, 0.4) is 0 Å². The minimum absolute atomic E-state index is 0.00198. The van der Waals surface area contributed by atoms with E-state index in [1.54, 1.807) is 13.0 Å². The van der Waals surface area contributed by atoms with Crippen molar-refractivity contribution in [3.05, 3.63) is 17.3 Å². The highest BCUT2D eigenvalue weighted by Crippen LogP contribution is 2.15. The van der Waals surface area contributed by atoms with Crippen LogP contribution >= 0.6 is 0 Å². The summed E-state index contributed by atoms with van der Waals surface area (Å²) >= 11 is 0. The monoisotopic (exact) mass is 276 g/mol. The second-order valence-corrected chi connectivity index (χ2v) is 5.26. The topological polar surface area (TPSA) is 87.9 Å². The second-order valence-electron chi connectivity index (χ2n) is 5.26. The number of nitrogens with one attached hydrogen (secondary N) is 1. The van der Waals surface area contributed by atoms with Crippen LogP contribution in [0, 0.1) is 31.1 Å². The molecule has 6 heteroatoms. The van der Waals surface area contributed by atoms with Crippen molar-refractivity contribution in [1.82, 2.24) is 15.5 Å². The molecule has 1 N–H and O–H groups in total. The fraction of sp³-hybridized carbons (Fsp3) is 0.571. The van der Waals surface area contributed by atoms with Crippen molar-refractivity contribution < 1.29 is 9.53 Å². The lowest BCUT2D eigenvalue weighted by Crippen LogP contribution is -2.50. The van der Waals surface area contributed by atoms with Crippen molar-refractivity contribution in [3.63, 3.8) is 0 Å². The maximum Gasteiger partial charge on any atom is 0.259 e. The van der Waals surface area contributed by atoms with Crippen LogP contribution in [0.25, 0.3) is 0 Å². The molecule has 0 aliphatic carbocycles. The molecule has 1 aromatic rings. The van der Waals surface area contributed by atoms with Gasteiger partial charge in [0.05, 0.1) is 11.8 Å². The fourth-order valence-electron chi connectivity index (χ4n) is 1.36. The van der Waals surface area contributed by atoms with Crippen LogP contribution in [0.15, 0.2) is 6.07 Å². The van der Waals surface area contributed by atoms with Gasteiger partial charge in [0.1, 0.15) is 5.54 Å². The largest absolute Gasteiger partial charge is 0.466 e. The molecule has 108 valence electrons. The first-order valence-electron chi connectivity index (χ1n) is 6.44. The Morgan fingerprint density at radius 2 is 2.15 bits per heavy atom. The molecule has 0 fully saturated rings. The Labute approximate surface area is 119 Å². The zero-order valence-electron chi connectivity index (χ0n) is 12.5. The summed E-state index contributed by atoms with van der Waals surface area (Å²) < 4.78 is 5.28. The van der Waals surface area contributed by atoms with E-state index in [0.717, 1.165) is 11.3 Å². The number of hydrogen-bond donors (Lipinski definition) is 1. The van der Waals surface area contributed by atoms with E-state index in [4.69, 9.17) is 10.00 Å². The summed E-state index contributed by atoms with van der Waals surface area (Å²) in [5, 5.41) is 19.6. The third kappa shape index (κ3) is 3.92. The van der Waals surface area contributed by atoms with Gasteiger partial charge in [0.2, 0.25) is 5.88 Å². The van der Waals surface area contributed by atoms with Gasteiger partial charge < -0.3 is 10.1 Å². The van der Waals surface area contributed by atoms with E-state index in [1.165, 1.54) is 0 Å². The Morgan fingerprint density at radius 3 is 2.65 bits per heavy atom. The minimum atomic E-state index is -0.907. The predicted molar refractivity (Wildman–Crippen MR) is 74.0 cm³/mol. The van der Waals surface area contributed by atoms with Gasteiger partial charge in [-0.15, -0.1) is 5.10 Å². The van der Waals surface area contributed by atoms with E-state index in [0.29, 0.717) is 5.88 Å². The van der Waals surface area contributed by atoms with Crippen LogP contribution in [-0.2, 0) is 4.79 Å². The number of rotatable bonds is 5. The van der Waals surface area contributed by atoms with Gasteiger partial charge in [0, 0.05) is 6.07 Å². The van der Waals surface area contributed by atoms with Crippen molar-refractivity contribution >= 4 is 5.91 Å². The highest BCUT2D eigenvalue weighted by molar-refractivity contribution is 5.78. The number of nitriles is 1. The third-order valence-corrected chi connectivity index (χ3v) is 3.35. The maximum atomic E-state index is 11.8. The molecule has 0 bridgehead atoms. The van der Waals surface area contributed by atoms with Gasteiger partial charge >= 0.3 is 0 Å². The average Bonchev–Trinajstić information content (AvgIpc) is 2.39. The molecular weight excluding hydrogens is 256 g/mol. The van der Waals surface area contributed by atoms with Crippen molar-refractivity contribution in [3.8, 4) is 11.9 Å². The highest BCUT2D eigenvalue weighted by Gasteiger charge is 2.30. The molecule has 0 radical (unpaired) electrons. The number of nitrogens with zero attached hydrogens (tertiary/aromatic N) is 3. The molecule has 0 aromatic carbocycles. The zero-order chi connectivity index (χ0) is 15.3. The van der Waals surface area contributed by atoms with E-state index in [9.17, 15) is 4.79 Å². The fourth-order valence-corrected chi connectivity index (χ4v) is 1.36. The number of hydrogen-bond acceptors (Lipinski definition) is 5. The molecule has 0 saturated heterocycles. The van der Waals surface area contributed by atoms with Crippen LogP contribution in [0.2, 0.25) is 0 Å². The molecule has 1 atom stereocenters. The summed E-state index contributed by atoms with van der Waals surface area (Å²) in [5.41, 5.74) is 0.855. The van der Waals surface area contributed by atoms with Crippen LogP contribution in [-0.4, -0.2) is 28.3 Å². The van der Waals surface area contributed by atoms with Crippen LogP contribution in [0.1, 0.15) is 32.0 Å². The van der Waals surface area contributed by atoms with Gasteiger partial charge in [0.15, 0.2) is 6.61 Å². The average molecular weight is 276 g/mol. The summed E-state index contributed by atoms with van der Waals surface area (Å²) in [7, 11) is 0. The van der Waals surface area contributed by atoms with Crippen LogP contribution in [0.4, 0.5) is 0 Å². The standard InChI is InChI=1S/C14H20N4O2/c1-9(2)14(5,8-15)16-12(19)7-20-13-6-10(3)11(4)17-18-13/h6,9H,7H2,1-5H3,(H,16,19)/t14-/m0/s1. The Bertz CT molecular complexity index is 536. The molecule has 0 unspecified atom stereocenters. The van der Waals surface area contributed by atoms with Crippen LogP contribution < -0.4 is 10.1 Å². The summed E-state index contributed by atoms with van der Waals surface area (Å²) in [6.45, 7) is 8.98. The quantitative estimate of drug-likeness (QED) is 0.881. The van der Waals surface area contributed by atoms with Crippen molar-refractivity contribution in [2.24, 2.45) is 5.92 Å². The Hall–Kier alpha value is -2.16. The molecule has 0 saturated carbocycles.